The number of pyridine rings is 1. The number of nitrogens with one attached hydrogen (secondary N) is 1. The van der Waals surface area contributed by atoms with Gasteiger partial charge in [0.1, 0.15) is 10.8 Å². The number of piperidine rings is 3. The number of nitrogens with zero attached hydrogens (tertiary/aromatic N) is 2. The van der Waals surface area contributed by atoms with Crippen LogP contribution in [0.15, 0.2) is 34.7 Å². The number of amides is 1. The molecule has 0 saturated carbocycles. The third kappa shape index (κ3) is 2.99. The number of carbonyl (C=O) groups excluding carboxylic acids is 1. The topological polar surface area (TPSA) is 58.4 Å². The average molecular weight is 332 g/mol. The number of carbonyl (C=O) groups is 1. The molecule has 2 aromatic rings. The molecule has 3 aliphatic rings. The monoisotopic (exact) mass is 331 g/mol. The molecule has 3 fully saturated rings. The Bertz CT molecular complexity index is 722. The van der Waals surface area contributed by atoms with Crippen molar-refractivity contribution in [2.75, 3.05) is 19.6 Å². The number of hydrogen-bond donors (Lipinski definition) is 1. The summed E-state index contributed by atoms with van der Waals surface area (Å²) in [6.07, 6.45) is 2.33. The molecule has 0 spiro atoms. The summed E-state index contributed by atoms with van der Waals surface area (Å²) in [5, 5.41) is 3.52. The molecule has 1 atom stereocenters. The maximum atomic E-state index is 12.4. The third-order valence-corrected chi connectivity index (χ3v) is 4.98. The Balaban J connectivity index is 1.47. The van der Waals surface area contributed by atoms with Crippen LogP contribution >= 0.6 is 11.6 Å². The average Bonchev–Trinajstić information content (AvgIpc) is 3.06. The van der Waals surface area contributed by atoms with Crippen LogP contribution in [0.3, 0.4) is 0 Å². The van der Waals surface area contributed by atoms with Crippen molar-refractivity contribution in [2.45, 2.75) is 18.9 Å². The van der Waals surface area contributed by atoms with E-state index in [0.717, 1.165) is 19.6 Å². The first kappa shape index (κ1) is 14.7. The Morgan fingerprint density at radius 3 is 2.78 bits per heavy atom. The highest BCUT2D eigenvalue weighted by molar-refractivity contribution is 6.29. The molecule has 2 bridgehead atoms. The molecule has 0 radical (unpaired) electrons. The van der Waals surface area contributed by atoms with Gasteiger partial charge >= 0.3 is 0 Å². The summed E-state index contributed by atoms with van der Waals surface area (Å²) in [6.45, 7) is 3.25. The fraction of sp³-hybridized carbons (Fsp3) is 0.412. The number of halogens is 1. The lowest BCUT2D eigenvalue weighted by Gasteiger charge is -2.44. The second kappa shape index (κ2) is 5.98. The molecule has 1 N–H and O–H groups in total. The van der Waals surface area contributed by atoms with E-state index in [1.54, 1.807) is 30.3 Å². The van der Waals surface area contributed by atoms with Gasteiger partial charge in [0.2, 0.25) is 0 Å². The van der Waals surface area contributed by atoms with Crippen molar-refractivity contribution in [3.8, 4) is 11.5 Å². The molecule has 1 unspecified atom stereocenters. The van der Waals surface area contributed by atoms with Gasteiger partial charge in [0.15, 0.2) is 11.5 Å². The van der Waals surface area contributed by atoms with Crippen molar-refractivity contribution in [1.29, 1.82) is 0 Å². The van der Waals surface area contributed by atoms with Crippen molar-refractivity contribution in [3.05, 3.63) is 41.2 Å². The zero-order valence-corrected chi connectivity index (χ0v) is 13.4. The normalized spacial score (nSPS) is 26.2. The highest BCUT2D eigenvalue weighted by atomic mass is 35.5. The van der Waals surface area contributed by atoms with E-state index in [0.29, 0.717) is 28.3 Å². The predicted molar refractivity (Wildman–Crippen MR) is 87.4 cm³/mol. The zero-order chi connectivity index (χ0) is 15.8. The number of hydrogen-bond acceptors (Lipinski definition) is 4. The van der Waals surface area contributed by atoms with Crippen LogP contribution < -0.4 is 5.32 Å². The summed E-state index contributed by atoms with van der Waals surface area (Å²) < 4.78 is 5.66. The van der Waals surface area contributed by atoms with Crippen LogP contribution in [0.1, 0.15) is 23.4 Å². The van der Waals surface area contributed by atoms with E-state index < -0.39 is 0 Å². The number of rotatable bonds is 3. The zero-order valence-electron chi connectivity index (χ0n) is 12.7. The quantitative estimate of drug-likeness (QED) is 0.879. The van der Waals surface area contributed by atoms with Crippen molar-refractivity contribution in [3.63, 3.8) is 0 Å². The Kier molecular flexibility index (Phi) is 3.83. The standard InChI is InChI=1S/C17H18ClN3O2/c18-16-3-1-2-12(19-16)14-4-5-15(23-14)17(22)20-13-10-21-8-6-11(13)7-9-21/h1-5,11,13H,6-10H2,(H,20,22). The summed E-state index contributed by atoms with van der Waals surface area (Å²) in [5.74, 6) is 1.30. The first-order valence-corrected chi connectivity index (χ1v) is 8.33. The molecule has 2 aromatic heterocycles. The Hall–Kier alpha value is -1.85. The molecule has 5 heterocycles. The molecular weight excluding hydrogens is 314 g/mol. The fourth-order valence-corrected chi connectivity index (χ4v) is 3.67. The van der Waals surface area contributed by atoms with Gasteiger partial charge in [0.25, 0.3) is 5.91 Å². The number of aromatic nitrogens is 1. The second-order valence-electron chi connectivity index (χ2n) is 6.23. The van der Waals surface area contributed by atoms with Crippen LogP contribution in [-0.4, -0.2) is 41.5 Å². The van der Waals surface area contributed by atoms with Gasteiger partial charge in [0.05, 0.1) is 0 Å². The number of furan rings is 1. The Labute approximate surface area is 139 Å². The third-order valence-electron chi connectivity index (χ3n) is 4.77. The number of fused-ring (bicyclic) bond motifs is 3. The summed E-state index contributed by atoms with van der Waals surface area (Å²) in [4.78, 5) is 19.0. The minimum atomic E-state index is -0.156. The van der Waals surface area contributed by atoms with Gasteiger partial charge in [-0.2, -0.15) is 0 Å². The highest BCUT2D eigenvalue weighted by Crippen LogP contribution is 2.28. The maximum absolute atomic E-state index is 12.4. The van der Waals surface area contributed by atoms with Gasteiger partial charge in [-0.15, -0.1) is 0 Å². The van der Waals surface area contributed by atoms with Gasteiger partial charge in [-0.3, -0.25) is 4.79 Å². The van der Waals surface area contributed by atoms with Crippen LogP contribution in [0.25, 0.3) is 11.5 Å². The lowest BCUT2D eigenvalue weighted by atomic mass is 9.84. The van der Waals surface area contributed by atoms with Crippen molar-refractivity contribution in [2.24, 2.45) is 5.92 Å². The summed E-state index contributed by atoms with van der Waals surface area (Å²) in [7, 11) is 0. The molecule has 5 rings (SSSR count). The van der Waals surface area contributed by atoms with Crippen LogP contribution in [0.5, 0.6) is 0 Å². The predicted octanol–water partition coefficient (Wildman–Crippen LogP) is 2.82. The van der Waals surface area contributed by atoms with Gasteiger partial charge in [0, 0.05) is 12.6 Å². The first-order chi connectivity index (χ1) is 11.2. The summed E-state index contributed by atoms with van der Waals surface area (Å²) >= 11 is 5.89. The largest absolute Gasteiger partial charge is 0.449 e. The van der Waals surface area contributed by atoms with E-state index in [4.69, 9.17) is 16.0 Å². The Morgan fingerprint density at radius 2 is 2.09 bits per heavy atom. The molecule has 23 heavy (non-hydrogen) atoms. The van der Waals surface area contributed by atoms with Crippen LogP contribution in [0.4, 0.5) is 0 Å². The second-order valence-corrected chi connectivity index (χ2v) is 6.61. The summed E-state index contributed by atoms with van der Waals surface area (Å²) in [5.41, 5.74) is 0.624. The fourth-order valence-electron chi connectivity index (χ4n) is 3.51. The van der Waals surface area contributed by atoms with Crippen molar-refractivity contribution >= 4 is 17.5 Å². The Morgan fingerprint density at radius 1 is 1.26 bits per heavy atom. The SMILES string of the molecule is O=C(NC1CN2CCC1CC2)c1ccc(-c2cccc(Cl)n2)o1. The molecule has 3 saturated heterocycles. The van der Waals surface area contributed by atoms with E-state index in [2.05, 4.69) is 15.2 Å². The van der Waals surface area contributed by atoms with Gasteiger partial charge in [-0.25, -0.2) is 4.98 Å². The summed E-state index contributed by atoms with van der Waals surface area (Å²) in [6, 6.07) is 8.98. The smallest absolute Gasteiger partial charge is 0.287 e. The minimum absolute atomic E-state index is 0.156. The first-order valence-electron chi connectivity index (χ1n) is 7.95. The van der Waals surface area contributed by atoms with Gasteiger partial charge in [-0.1, -0.05) is 17.7 Å². The molecular formula is C17H18ClN3O2. The van der Waals surface area contributed by atoms with E-state index >= 15 is 0 Å². The minimum Gasteiger partial charge on any atom is -0.449 e. The molecule has 120 valence electrons. The van der Waals surface area contributed by atoms with Gasteiger partial charge < -0.3 is 14.6 Å². The van der Waals surface area contributed by atoms with Crippen molar-refractivity contribution in [1.82, 2.24) is 15.2 Å². The molecule has 6 heteroatoms. The molecule has 0 aliphatic carbocycles. The molecule has 1 amide bonds. The molecule has 3 aliphatic heterocycles. The molecule has 5 nitrogen and oxygen atoms in total. The lowest BCUT2D eigenvalue weighted by molar-refractivity contribution is 0.0606. The van der Waals surface area contributed by atoms with E-state index in [9.17, 15) is 4.79 Å². The van der Waals surface area contributed by atoms with E-state index in [1.807, 2.05) is 0 Å². The van der Waals surface area contributed by atoms with E-state index in [1.165, 1.54) is 12.8 Å². The van der Waals surface area contributed by atoms with E-state index in [-0.39, 0.29) is 11.9 Å². The maximum Gasteiger partial charge on any atom is 0.287 e. The van der Waals surface area contributed by atoms with Crippen molar-refractivity contribution < 1.29 is 9.21 Å². The van der Waals surface area contributed by atoms with Crippen LogP contribution in [-0.2, 0) is 0 Å². The molecule has 0 aromatic carbocycles. The van der Waals surface area contributed by atoms with Gasteiger partial charge in [-0.05, 0) is 56.1 Å². The lowest BCUT2D eigenvalue weighted by Crippen LogP contribution is -2.57. The van der Waals surface area contributed by atoms with Crippen LogP contribution in [0, 0.1) is 5.92 Å². The highest BCUT2D eigenvalue weighted by Gasteiger charge is 2.35. The van der Waals surface area contributed by atoms with Crippen LogP contribution in [0.2, 0.25) is 5.15 Å².